The van der Waals surface area contributed by atoms with Crippen molar-refractivity contribution in [2.75, 3.05) is 26.2 Å². The number of quaternary nitrogens is 1. The maximum Gasteiger partial charge on any atom is 0.257 e. The number of rotatable bonds is 4. The molecule has 0 bridgehead atoms. The SMILES string of the molecule is O=C(c1cnn(-c2ccccc2)c1)N1CC[NH+](Cc2nc3ccccc3s2)CC1. The van der Waals surface area contributed by atoms with E-state index in [2.05, 4.69) is 23.3 Å². The van der Waals surface area contributed by atoms with Crippen LogP contribution in [-0.4, -0.2) is 51.8 Å². The molecular formula is C22H22N5OS+. The first-order valence-electron chi connectivity index (χ1n) is 9.84. The molecule has 1 saturated heterocycles. The van der Waals surface area contributed by atoms with Gasteiger partial charge in [-0.05, 0) is 24.3 Å². The quantitative estimate of drug-likeness (QED) is 0.566. The Bertz CT molecular complexity index is 1100. The van der Waals surface area contributed by atoms with Gasteiger partial charge in [-0.3, -0.25) is 4.79 Å². The van der Waals surface area contributed by atoms with Crippen LogP contribution in [0, 0.1) is 0 Å². The van der Waals surface area contributed by atoms with Crippen molar-refractivity contribution < 1.29 is 9.69 Å². The zero-order chi connectivity index (χ0) is 19.6. The predicted octanol–water partition coefficient (Wildman–Crippen LogP) is 2.02. The molecule has 0 radical (unpaired) electrons. The number of nitrogens with one attached hydrogen (secondary N) is 1. The summed E-state index contributed by atoms with van der Waals surface area (Å²) in [6, 6.07) is 18.1. The van der Waals surface area contributed by atoms with Crippen LogP contribution in [0.2, 0.25) is 0 Å². The summed E-state index contributed by atoms with van der Waals surface area (Å²) in [4.78, 5) is 21.0. The third kappa shape index (κ3) is 3.79. The molecule has 1 N–H and O–H groups in total. The summed E-state index contributed by atoms with van der Waals surface area (Å²) in [5.74, 6) is 0.0613. The van der Waals surface area contributed by atoms with Crippen molar-refractivity contribution in [2.45, 2.75) is 6.54 Å². The van der Waals surface area contributed by atoms with E-state index in [9.17, 15) is 4.79 Å². The van der Waals surface area contributed by atoms with E-state index < -0.39 is 0 Å². The number of nitrogens with zero attached hydrogens (tertiary/aromatic N) is 4. The fourth-order valence-corrected chi connectivity index (χ4v) is 4.79. The first-order chi connectivity index (χ1) is 14.3. The Morgan fingerprint density at radius 3 is 2.59 bits per heavy atom. The first-order valence-corrected chi connectivity index (χ1v) is 10.7. The van der Waals surface area contributed by atoms with Crippen molar-refractivity contribution in [1.29, 1.82) is 0 Å². The average Bonchev–Trinajstić information content (AvgIpc) is 3.41. The fraction of sp³-hybridized carbons (Fsp3) is 0.227. The van der Waals surface area contributed by atoms with Gasteiger partial charge in [0.05, 0.1) is 53.8 Å². The lowest BCUT2D eigenvalue weighted by atomic mass is 10.2. The van der Waals surface area contributed by atoms with Crippen LogP contribution in [0.4, 0.5) is 0 Å². The van der Waals surface area contributed by atoms with Crippen molar-refractivity contribution in [2.24, 2.45) is 0 Å². The van der Waals surface area contributed by atoms with Gasteiger partial charge in [0.25, 0.3) is 5.91 Å². The number of carbonyl (C=O) groups is 1. The number of carbonyl (C=O) groups excluding carboxylic acids is 1. The molecular weight excluding hydrogens is 382 g/mol. The van der Waals surface area contributed by atoms with E-state index in [0.29, 0.717) is 5.56 Å². The second kappa shape index (κ2) is 7.77. The third-order valence-corrected chi connectivity index (χ3v) is 6.38. The van der Waals surface area contributed by atoms with Crippen molar-refractivity contribution in [3.05, 3.63) is 77.6 Å². The molecule has 0 aliphatic carbocycles. The van der Waals surface area contributed by atoms with Crippen LogP contribution in [0.15, 0.2) is 67.0 Å². The number of amides is 1. The topological polar surface area (TPSA) is 55.5 Å². The standard InChI is InChI=1S/C22H21N5OS/c28-22(17-14-23-27(15-17)18-6-2-1-3-7-18)26-12-10-25(11-13-26)16-21-24-19-8-4-5-9-20(19)29-21/h1-9,14-15H,10-13,16H2/p+1. The van der Waals surface area contributed by atoms with E-state index >= 15 is 0 Å². The Balaban J connectivity index is 1.20. The molecule has 5 rings (SSSR count). The number of benzene rings is 2. The molecule has 1 aliphatic heterocycles. The summed E-state index contributed by atoms with van der Waals surface area (Å²) in [5.41, 5.74) is 2.68. The van der Waals surface area contributed by atoms with Crippen LogP contribution in [-0.2, 0) is 6.54 Å². The second-order valence-corrected chi connectivity index (χ2v) is 8.42. The van der Waals surface area contributed by atoms with Crippen molar-refractivity contribution in [3.8, 4) is 5.69 Å². The Labute approximate surface area is 173 Å². The molecule has 0 atom stereocenters. The summed E-state index contributed by atoms with van der Waals surface area (Å²) in [6.07, 6.45) is 3.48. The van der Waals surface area contributed by atoms with Gasteiger partial charge < -0.3 is 9.80 Å². The highest BCUT2D eigenvalue weighted by Gasteiger charge is 2.26. The minimum atomic E-state index is 0.0613. The lowest BCUT2D eigenvalue weighted by molar-refractivity contribution is -0.917. The summed E-state index contributed by atoms with van der Waals surface area (Å²) in [7, 11) is 0. The maximum atomic E-state index is 12.9. The van der Waals surface area contributed by atoms with Crippen LogP contribution in [0.1, 0.15) is 15.4 Å². The van der Waals surface area contributed by atoms with Crippen LogP contribution >= 0.6 is 11.3 Å². The lowest BCUT2D eigenvalue weighted by Gasteiger charge is -2.31. The van der Waals surface area contributed by atoms with Crippen LogP contribution in [0.3, 0.4) is 0 Å². The van der Waals surface area contributed by atoms with Crippen molar-refractivity contribution in [3.63, 3.8) is 0 Å². The highest BCUT2D eigenvalue weighted by Crippen LogP contribution is 2.20. The van der Waals surface area contributed by atoms with Gasteiger partial charge in [0.15, 0.2) is 0 Å². The molecule has 7 heteroatoms. The minimum absolute atomic E-state index is 0.0613. The molecule has 0 unspecified atom stereocenters. The predicted molar refractivity (Wildman–Crippen MR) is 113 cm³/mol. The van der Waals surface area contributed by atoms with Gasteiger partial charge >= 0.3 is 0 Å². The molecule has 1 amide bonds. The molecule has 3 heterocycles. The highest BCUT2D eigenvalue weighted by atomic mass is 32.1. The molecule has 2 aromatic carbocycles. The Hall–Kier alpha value is -3.03. The van der Waals surface area contributed by atoms with Gasteiger partial charge in [0.2, 0.25) is 0 Å². The third-order valence-electron chi connectivity index (χ3n) is 5.35. The number of piperazine rings is 1. The molecule has 0 spiro atoms. The smallest absolute Gasteiger partial charge is 0.257 e. The van der Waals surface area contributed by atoms with E-state index in [1.807, 2.05) is 47.5 Å². The van der Waals surface area contributed by atoms with E-state index in [1.165, 1.54) is 14.6 Å². The molecule has 6 nitrogen and oxygen atoms in total. The van der Waals surface area contributed by atoms with Gasteiger partial charge in [-0.2, -0.15) is 5.10 Å². The van der Waals surface area contributed by atoms with E-state index in [1.54, 1.807) is 22.2 Å². The van der Waals surface area contributed by atoms with Gasteiger partial charge in [-0.1, -0.05) is 30.3 Å². The number of hydrogen-bond acceptors (Lipinski definition) is 4. The monoisotopic (exact) mass is 404 g/mol. The number of aromatic nitrogens is 3. The molecule has 2 aromatic heterocycles. The van der Waals surface area contributed by atoms with E-state index in [4.69, 9.17) is 4.98 Å². The zero-order valence-electron chi connectivity index (χ0n) is 16.0. The van der Waals surface area contributed by atoms with Crippen LogP contribution < -0.4 is 4.90 Å². The largest absolute Gasteiger partial charge is 0.327 e. The normalized spacial score (nSPS) is 15.1. The van der Waals surface area contributed by atoms with Gasteiger partial charge in [-0.25, -0.2) is 9.67 Å². The van der Waals surface area contributed by atoms with E-state index in [-0.39, 0.29) is 5.91 Å². The lowest BCUT2D eigenvalue weighted by Crippen LogP contribution is -3.13. The maximum absolute atomic E-state index is 12.9. The van der Waals surface area contributed by atoms with Gasteiger partial charge in [0, 0.05) is 6.20 Å². The van der Waals surface area contributed by atoms with Crippen LogP contribution in [0.25, 0.3) is 15.9 Å². The molecule has 1 aliphatic rings. The van der Waals surface area contributed by atoms with Gasteiger partial charge in [-0.15, -0.1) is 11.3 Å². The fourth-order valence-electron chi connectivity index (χ4n) is 3.75. The molecule has 29 heavy (non-hydrogen) atoms. The first kappa shape index (κ1) is 18.0. The second-order valence-electron chi connectivity index (χ2n) is 7.30. The summed E-state index contributed by atoms with van der Waals surface area (Å²) >= 11 is 1.77. The molecule has 1 fully saturated rings. The Morgan fingerprint density at radius 1 is 1.03 bits per heavy atom. The Morgan fingerprint density at radius 2 is 1.79 bits per heavy atom. The van der Waals surface area contributed by atoms with Gasteiger partial charge in [0.1, 0.15) is 11.6 Å². The zero-order valence-corrected chi connectivity index (χ0v) is 16.8. The van der Waals surface area contributed by atoms with Crippen LogP contribution in [0.5, 0.6) is 0 Å². The van der Waals surface area contributed by atoms with E-state index in [0.717, 1.165) is 43.9 Å². The summed E-state index contributed by atoms with van der Waals surface area (Å²) in [6.45, 7) is 4.32. The molecule has 4 aromatic rings. The molecule has 0 saturated carbocycles. The minimum Gasteiger partial charge on any atom is -0.327 e. The highest BCUT2D eigenvalue weighted by molar-refractivity contribution is 7.18. The molecule has 146 valence electrons. The number of fused-ring (bicyclic) bond motifs is 1. The van der Waals surface area contributed by atoms with Crippen molar-refractivity contribution >= 4 is 27.5 Å². The summed E-state index contributed by atoms with van der Waals surface area (Å²) in [5, 5.41) is 5.52. The number of thiazole rings is 1. The summed E-state index contributed by atoms with van der Waals surface area (Å²) < 4.78 is 2.99. The average molecular weight is 405 g/mol. The van der Waals surface area contributed by atoms with Crippen molar-refractivity contribution in [1.82, 2.24) is 19.7 Å². The number of hydrogen-bond donors (Lipinski definition) is 1. The Kier molecular flexibility index (Phi) is 4.83. The number of para-hydroxylation sites is 2.